The number of benzene rings is 3. The third-order valence-electron chi connectivity index (χ3n) is 4.61. The van der Waals surface area contributed by atoms with Crippen LogP contribution < -0.4 is 4.80 Å². The molecule has 0 spiro atoms. The van der Waals surface area contributed by atoms with E-state index in [1.54, 1.807) is 19.2 Å². The Kier molecular flexibility index (Phi) is 5.27. The molecule has 1 aromatic heterocycles. The number of aromatic nitrogens is 1. The average molecular weight is 405 g/mol. The lowest BCUT2D eigenvalue weighted by atomic mass is 10.1. The Bertz CT molecular complexity index is 1260. The van der Waals surface area contributed by atoms with Gasteiger partial charge in [-0.3, -0.25) is 4.57 Å². The molecule has 0 saturated heterocycles. The van der Waals surface area contributed by atoms with Gasteiger partial charge < -0.3 is 4.90 Å². The molecule has 4 rings (SSSR count). The molecule has 0 aliphatic heterocycles. The number of hydrogen-bond donors (Lipinski definition) is 0. The number of thiazole rings is 1. The summed E-state index contributed by atoms with van der Waals surface area (Å²) in [5.74, 6) is -0.316. The monoisotopic (exact) mass is 405 g/mol. The Hall–Kier alpha value is -3.25. The molecule has 0 atom stereocenters. The highest BCUT2D eigenvalue weighted by molar-refractivity contribution is 7.09. The van der Waals surface area contributed by atoms with Gasteiger partial charge in [-0.25, -0.2) is 9.18 Å². The van der Waals surface area contributed by atoms with Gasteiger partial charge in [-0.2, -0.15) is 4.99 Å². The molecule has 29 heavy (non-hydrogen) atoms. The first-order chi connectivity index (χ1) is 14.0. The van der Waals surface area contributed by atoms with Gasteiger partial charge in [0.05, 0.1) is 0 Å². The first-order valence-corrected chi connectivity index (χ1v) is 10.0. The quantitative estimate of drug-likeness (QED) is 0.456. The van der Waals surface area contributed by atoms with Crippen LogP contribution in [0.2, 0.25) is 0 Å². The van der Waals surface area contributed by atoms with Gasteiger partial charge in [0.1, 0.15) is 5.82 Å². The van der Waals surface area contributed by atoms with Crippen molar-refractivity contribution < 1.29 is 9.18 Å². The van der Waals surface area contributed by atoms with Gasteiger partial charge in [0, 0.05) is 30.4 Å². The van der Waals surface area contributed by atoms with Crippen LogP contribution in [-0.2, 0) is 6.54 Å². The van der Waals surface area contributed by atoms with Crippen molar-refractivity contribution in [3.05, 3.63) is 94.0 Å². The van der Waals surface area contributed by atoms with E-state index in [-0.39, 0.29) is 11.8 Å². The van der Waals surface area contributed by atoms with Crippen LogP contribution in [0.1, 0.15) is 10.4 Å². The summed E-state index contributed by atoms with van der Waals surface area (Å²) in [6.45, 7) is 2.28. The number of fused-ring (bicyclic) bond motifs is 1. The van der Waals surface area contributed by atoms with Crippen LogP contribution in [0.25, 0.3) is 16.5 Å². The zero-order valence-corrected chi connectivity index (χ0v) is 17.0. The standard InChI is InChI=1S/C23H20FN3OS/c1-16-14-27(21-11-10-18-7-3-4-8-19(18)13-21)23(29-16)25-22(28)26(2)15-17-6-5-9-20(24)12-17/h3-14H,15H2,1-2H3. The molecule has 1 heterocycles. The normalized spacial score (nSPS) is 11.8. The number of aryl methyl sites for hydroxylation is 1. The maximum absolute atomic E-state index is 13.4. The fourth-order valence-electron chi connectivity index (χ4n) is 3.19. The fourth-order valence-corrected chi connectivity index (χ4v) is 4.02. The van der Waals surface area contributed by atoms with Gasteiger partial charge in [-0.15, -0.1) is 11.3 Å². The Morgan fingerprint density at radius 1 is 1.07 bits per heavy atom. The summed E-state index contributed by atoms with van der Waals surface area (Å²) in [7, 11) is 1.66. The summed E-state index contributed by atoms with van der Waals surface area (Å²) in [4.78, 5) is 20.1. The molecule has 0 radical (unpaired) electrons. The number of carbonyl (C=O) groups excluding carboxylic acids is 1. The van der Waals surface area contributed by atoms with E-state index < -0.39 is 0 Å². The van der Waals surface area contributed by atoms with Gasteiger partial charge >= 0.3 is 6.03 Å². The average Bonchev–Trinajstić information content (AvgIpc) is 3.07. The third kappa shape index (κ3) is 4.27. The van der Waals surface area contributed by atoms with Crippen LogP contribution in [0.4, 0.5) is 9.18 Å². The fraction of sp³-hybridized carbons (Fsp3) is 0.130. The molecule has 0 saturated carbocycles. The molecule has 4 nitrogen and oxygen atoms in total. The van der Waals surface area contributed by atoms with Crippen molar-refractivity contribution in [3.63, 3.8) is 0 Å². The Labute approximate surface area is 172 Å². The molecular weight excluding hydrogens is 385 g/mol. The number of rotatable bonds is 3. The minimum Gasteiger partial charge on any atom is -0.322 e. The molecule has 2 amide bonds. The topological polar surface area (TPSA) is 37.6 Å². The molecule has 0 aliphatic rings. The summed E-state index contributed by atoms with van der Waals surface area (Å²) >= 11 is 1.46. The Morgan fingerprint density at radius 3 is 2.66 bits per heavy atom. The van der Waals surface area contributed by atoms with Gasteiger partial charge in [-0.1, -0.05) is 42.5 Å². The number of carbonyl (C=O) groups is 1. The van der Waals surface area contributed by atoms with Gasteiger partial charge in [0.2, 0.25) is 0 Å². The molecule has 0 fully saturated rings. The zero-order chi connectivity index (χ0) is 20.4. The lowest BCUT2D eigenvalue weighted by Crippen LogP contribution is -2.26. The van der Waals surface area contributed by atoms with Gasteiger partial charge in [0.25, 0.3) is 0 Å². The minimum absolute atomic E-state index is 0.292. The SMILES string of the molecule is Cc1cn(-c2ccc3ccccc3c2)c(=NC(=O)N(C)Cc2cccc(F)c2)s1. The van der Waals surface area contributed by atoms with Crippen molar-refractivity contribution in [3.8, 4) is 5.69 Å². The van der Waals surface area contributed by atoms with Gasteiger partial charge in [-0.05, 0) is 47.5 Å². The van der Waals surface area contributed by atoms with Crippen LogP contribution >= 0.6 is 11.3 Å². The van der Waals surface area contributed by atoms with Crippen molar-refractivity contribution in [1.82, 2.24) is 9.47 Å². The second-order valence-electron chi connectivity index (χ2n) is 6.91. The largest absolute Gasteiger partial charge is 0.346 e. The minimum atomic E-state index is -0.370. The highest BCUT2D eigenvalue weighted by Gasteiger charge is 2.11. The van der Waals surface area contributed by atoms with E-state index in [0.717, 1.165) is 26.9 Å². The third-order valence-corrected chi connectivity index (χ3v) is 5.51. The second-order valence-corrected chi connectivity index (χ2v) is 8.12. The highest BCUT2D eigenvalue weighted by Crippen LogP contribution is 2.19. The Balaban J connectivity index is 1.66. The van der Waals surface area contributed by atoms with E-state index in [0.29, 0.717) is 11.3 Å². The smallest absolute Gasteiger partial charge is 0.322 e. The first-order valence-electron chi connectivity index (χ1n) is 9.22. The summed E-state index contributed by atoms with van der Waals surface area (Å²) < 4.78 is 15.3. The second kappa shape index (κ2) is 8.01. The van der Waals surface area contributed by atoms with Crippen LogP contribution in [0.15, 0.2) is 77.9 Å². The maximum atomic E-state index is 13.4. The van der Waals surface area contributed by atoms with Crippen LogP contribution in [-0.4, -0.2) is 22.5 Å². The van der Waals surface area contributed by atoms with Crippen LogP contribution in [0.5, 0.6) is 0 Å². The Morgan fingerprint density at radius 2 is 1.86 bits per heavy atom. The zero-order valence-electron chi connectivity index (χ0n) is 16.2. The molecule has 146 valence electrons. The van der Waals surface area contributed by atoms with Crippen molar-refractivity contribution in [2.75, 3.05) is 7.05 Å². The molecule has 0 bridgehead atoms. The number of halogens is 1. The molecule has 3 aromatic carbocycles. The summed E-state index contributed by atoms with van der Waals surface area (Å²) in [6.07, 6.45) is 1.98. The van der Waals surface area contributed by atoms with Gasteiger partial charge in [0.15, 0.2) is 4.80 Å². The summed E-state index contributed by atoms with van der Waals surface area (Å²) in [6, 6.07) is 20.2. The first kappa shape index (κ1) is 19.1. The van der Waals surface area contributed by atoms with E-state index in [1.165, 1.54) is 28.4 Å². The molecule has 6 heteroatoms. The van der Waals surface area contributed by atoms with E-state index in [1.807, 2.05) is 35.9 Å². The number of nitrogens with zero attached hydrogens (tertiary/aromatic N) is 3. The molecular formula is C23H20FN3OS. The lowest BCUT2D eigenvalue weighted by Gasteiger charge is -2.14. The van der Waals surface area contributed by atoms with Crippen LogP contribution in [0.3, 0.4) is 0 Å². The molecule has 4 aromatic rings. The van der Waals surface area contributed by atoms with E-state index >= 15 is 0 Å². The predicted molar refractivity (Wildman–Crippen MR) is 115 cm³/mol. The number of hydrogen-bond acceptors (Lipinski definition) is 2. The summed E-state index contributed by atoms with van der Waals surface area (Å²) in [5, 5.41) is 2.29. The lowest BCUT2D eigenvalue weighted by molar-refractivity contribution is 0.216. The molecule has 0 aliphatic carbocycles. The van der Waals surface area contributed by atoms with Crippen molar-refractivity contribution >= 4 is 28.1 Å². The molecule has 0 N–H and O–H groups in total. The number of urea groups is 1. The summed E-state index contributed by atoms with van der Waals surface area (Å²) in [5.41, 5.74) is 1.67. The van der Waals surface area contributed by atoms with E-state index in [2.05, 4.69) is 29.3 Å². The van der Waals surface area contributed by atoms with E-state index in [4.69, 9.17) is 0 Å². The van der Waals surface area contributed by atoms with Crippen molar-refractivity contribution in [1.29, 1.82) is 0 Å². The maximum Gasteiger partial charge on any atom is 0.346 e. The molecule has 0 unspecified atom stereocenters. The highest BCUT2D eigenvalue weighted by atomic mass is 32.1. The predicted octanol–water partition coefficient (Wildman–Crippen LogP) is 5.29. The van der Waals surface area contributed by atoms with E-state index in [9.17, 15) is 9.18 Å². The number of amides is 2. The van der Waals surface area contributed by atoms with Crippen molar-refractivity contribution in [2.45, 2.75) is 13.5 Å². The van der Waals surface area contributed by atoms with Crippen LogP contribution in [0, 0.1) is 12.7 Å². The van der Waals surface area contributed by atoms with Crippen molar-refractivity contribution in [2.24, 2.45) is 4.99 Å².